The molecule has 9 rings (SSSR count). The minimum Gasteiger partial charge on any atom is -0.312 e. The molecule has 0 bridgehead atoms. The molecule has 0 radical (unpaired) electrons. The monoisotopic (exact) mass is 637 g/mol. The molecule has 7 aromatic carbocycles. The molecule has 0 N–H and O–H groups in total. The number of hydrogen-bond acceptors (Lipinski definition) is 1. The van der Waals surface area contributed by atoms with E-state index in [0.717, 1.165) is 11.4 Å². The fraction of sp³-hybridized carbons (Fsp3) is 0.0204. The van der Waals surface area contributed by atoms with Gasteiger partial charge in [0, 0.05) is 16.9 Å². The molecule has 1 heteroatoms. The average Bonchev–Trinajstić information content (AvgIpc) is 3.65. The molecular weight excluding hydrogens is 603 g/mol. The first-order valence-corrected chi connectivity index (χ1v) is 17.2. The van der Waals surface area contributed by atoms with Crippen LogP contribution in [0.2, 0.25) is 0 Å². The molecule has 0 saturated heterocycles. The molecule has 0 amide bonds. The summed E-state index contributed by atoms with van der Waals surface area (Å²) in [6.07, 6.45) is 6.21. The molecule has 0 unspecified atom stereocenters. The summed E-state index contributed by atoms with van der Waals surface area (Å²) in [4.78, 5) is 2.51. The highest BCUT2D eigenvalue weighted by Gasteiger charge is 2.54. The van der Waals surface area contributed by atoms with E-state index < -0.39 is 5.41 Å². The van der Waals surface area contributed by atoms with Crippen LogP contribution < -0.4 is 4.90 Å². The van der Waals surface area contributed by atoms with Crippen molar-refractivity contribution in [1.29, 1.82) is 0 Å². The van der Waals surface area contributed by atoms with Crippen LogP contribution in [0.1, 0.15) is 22.3 Å². The normalized spacial score (nSPS) is 13.7. The number of anilines is 2. The van der Waals surface area contributed by atoms with E-state index in [1.54, 1.807) is 0 Å². The molecule has 0 aliphatic heterocycles. The molecule has 0 atom stereocenters. The number of allylic oxidation sites excluding steroid dienone is 5. The van der Waals surface area contributed by atoms with Gasteiger partial charge in [-0.1, -0.05) is 183 Å². The Hall–Kier alpha value is -6.44. The molecule has 50 heavy (non-hydrogen) atoms. The predicted octanol–water partition coefficient (Wildman–Crippen LogP) is 12.6. The Kier molecular flexibility index (Phi) is 7.25. The van der Waals surface area contributed by atoms with Gasteiger partial charge in [-0.05, 0) is 79.9 Å². The minimum absolute atomic E-state index is 0.555. The van der Waals surface area contributed by atoms with Crippen LogP contribution in [0.3, 0.4) is 0 Å². The Morgan fingerprint density at radius 3 is 1.24 bits per heavy atom. The summed E-state index contributed by atoms with van der Waals surface area (Å²) in [5.74, 6) is 0. The Labute approximate surface area is 294 Å². The lowest BCUT2D eigenvalue weighted by Gasteiger charge is -2.39. The minimum atomic E-state index is -0.555. The van der Waals surface area contributed by atoms with Gasteiger partial charge in [0.1, 0.15) is 0 Å². The average molecular weight is 638 g/mol. The molecule has 1 spiro atoms. The second-order valence-corrected chi connectivity index (χ2v) is 12.9. The quantitative estimate of drug-likeness (QED) is 0.157. The van der Waals surface area contributed by atoms with Crippen molar-refractivity contribution in [3.8, 4) is 33.4 Å². The summed E-state index contributed by atoms with van der Waals surface area (Å²) in [6, 6.07) is 66.3. The second-order valence-electron chi connectivity index (χ2n) is 12.9. The molecular formula is C49H35N. The van der Waals surface area contributed by atoms with Gasteiger partial charge < -0.3 is 4.90 Å². The number of benzene rings is 7. The third-order valence-corrected chi connectivity index (χ3v) is 10.3. The van der Waals surface area contributed by atoms with Crippen LogP contribution in [-0.4, -0.2) is 0 Å². The number of fused-ring (bicyclic) bond motifs is 7. The van der Waals surface area contributed by atoms with Crippen LogP contribution in [0.5, 0.6) is 0 Å². The summed E-state index contributed by atoms with van der Waals surface area (Å²) in [5, 5.41) is 0. The maximum Gasteiger partial charge on any atom is 0.0881 e. The summed E-state index contributed by atoms with van der Waals surface area (Å²) in [7, 11) is 0. The number of nitrogens with zero attached hydrogens (tertiary/aromatic N) is 1. The van der Waals surface area contributed by atoms with Gasteiger partial charge in [0.2, 0.25) is 0 Å². The van der Waals surface area contributed by atoms with Crippen molar-refractivity contribution in [2.75, 3.05) is 4.90 Å². The highest BCUT2D eigenvalue weighted by Crippen LogP contribution is 2.63. The summed E-state index contributed by atoms with van der Waals surface area (Å²) in [5.41, 5.74) is 16.5. The van der Waals surface area contributed by atoms with Gasteiger partial charge in [-0.15, -0.1) is 0 Å². The van der Waals surface area contributed by atoms with E-state index in [2.05, 4.69) is 206 Å². The second kappa shape index (κ2) is 12.2. The van der Waals surface area contributed by atoms with Gasteiger partial charge in [0.25, 0.3) is 0 Å². The summed E-state index contributed by atoms with van der Waals surface area (Å²) < 4.78 is 0. The molecule has 0 heterocycles. The number of hydrogen-bond donors (Lipinski definition) is 0. The Morgan fingerprint density at radius 2 is 0.780 bits per heavy atom. The van der Waals surface area contributed by atoms with Crippen LogP contribution in [0.4, 0.5) is 11.4 Å². The standard InChI is InChI=1S/C49H35N/c1-2-3-20-44-43-23-12-15-26-47(43)49(45-24-13-10-21-41(45)42-22-11-14-25-46(42)49)48(44)50(39-31-27-37(28-32-39)35-16-6-4-7-17-35)40-33-29-38(30-34-40)36-18-8-5-9-19-36/h2-34H,1H2. The first-order valence-electron chi connectivity index (χ1n) is 17.2. The first-order chi connectivity index (χ1) is 24.8. The Morgan fingerprint density at radius 1 is 0.400 bits per heavy atom. The highest BCUT2D eigenvalue weighted by molar-refractivity contribution is 6.00. The van der Waals surface area contributed by atoms with Crippen molar-refractivity contribution in [3.05, 3.63) is 235 Å². The van der Waals surface area contributed by atoms with Gasteiger partial charge in [-0.2, -0.15) is 0 Å². The maximum atomic E-state index is 4.08. The van der Waals surface area contributed by atoms with E-state index >= 15 is 0 Å². The lowest BCUT2D eigenvalue weighted by molar-refractivity contribution is 0.745. The third kappa shape index (κ3) is 4.55. The molecule has 2 aliphatic rings. The largest absolute Gasteiger partial charge is 0.312 e. The van der Waals surface area contributed by atoms with Gasteiger partial charge in [-0.25, -0.2) is 0 Å². The molecule has 0 aromatic heterocycles. The zero-order chi connectivity index (χ0) is 33.5. The Balaban J connectivity index is 1.36. The van der Waals surface area contributed by atoms with Crippen LogP contribution in [-0.2, 0) is 5.41 Å². The molecule has 1 nitrogen and oxygen atoms in total. The summed E-state index contributed by atoms with van der Waals surface area (Å²) >= 11 is 0. The van der Waals surface area contributed by atoms with Crippen molar-refractivity contribution in [2.45, 2.75) is 5.41 Å². The molecule has 0 fully saturated rings. The van der Waals surface area contributed by atoms with Gasteiger partial charge in [0.05, 0.1) is 11.1 Å². The molecule has 2 aliphatic carbocycles. The first kappa shape index (κ1) is 29.7. The van der Waals surface area contributed by atoms with E-state index in [4.69, 9.17) is 0 Å². The van der Waals surface area contributed by atoms with E-state index in [9.17, 15) is 0 Å². The topological polar surface area (TPSA) is 3.24 Å². The molecule has 0 saturated carbocycles. The van der Waals surface area contributed by atoms with E-state index in [1.165, 1.54) is 66.9 Å². The van der Waals surface area contributed by atoms with Crippen LogP contribution >= 0.6 is 0 Å². The third-order valence-electron chi connectivity index (χ3n) is 10.3. The maximum absolute atomic E-state index is 4.08. The smallest absolute Gasteiger partial charge is 0.0881 e. The van der Waals surface area contributed by atoms with Crippen LogP contribution in [0.25, 0.3) is 39.0 Å². The molecule has 236 valence electrons. The lowest BCUT2D eigenvalue weighted by Crippen LogP contribution is -2.35. The zero-order valence-corrected chi connectivity index (χ0v) is 27.7. The van der Waals surface area contributed by atoms with Crippen molar-refractivity contribution in [1.82, 2.24) is 0 Å². The van der Waals surface area contributed by atoms with Gasteiger partial charge in [-0.3, -0.25) is 0 Å². The number of rotatable bonds is 7. The van der Waals surface area contributed by atoms with E-state index in [0.29, 0.717) is 0 Å². The van der Waals surface area contributed by atoms with Gasteiger partial charge in [0.15, 0.2) is 0 Å². The fourth-order valence-corrected chi connectivity index (χ4v) is 8.18. The lowest BCUT2D eigenvalue weighted by atomic mass is 9.71. The van der Waals surface area contributed by atoms with Crippen molar-refractivity contribution in [3.63, 3.8) is 0 Å². The van der Waals surface area contributed by atoms with Gasteiger partial charge >= 0.3 is 0 Å². The highest BCUT2D eigenvalue weighted by atomic mass is 15.2. The predicted molar refractivity (Wildman–Crippen MR) is 210 cm³/mol. The van der Waals surface area contributed by atoms with Crippen molar-refractivity contribution < 1.29 is 0 Å². The van der Waals surface area contributed by atoms with Crippen molar-refractivity contribution >= 4 is 16.9 Å². The van der Waals surface area contributed by atoms with E-state index in [-0.39, 0.29) is 0 Å². The van der Waals surface area contributed by atoms with E-state index in [1.807, 2.05) is 6.08 Å². The SMILES string of the molecule is C=CC=CC1=C(N(c2ccc(-c3ccccc3)cc2)c2ccc(-c3ccccc3)cc2)C2(c3ccccc31)c1ccccc1-c1ccccc12. The van der Waals surface area contributed by atoms with Crippen molar-refractivity contribution in [2.24, 2.45) is 0 Å². The molecule has 7 aromatic rings. The Bertz CT molecular complexity index is 2280. The van der Waals surface area contributed by atoms with Crippen LogP contribution in [0.15, 0.2) is 212 Å². The zero-order valence-electron chi connectivity index (χ0n) is 27.7. The fourth-order valence-electron chi connectivity index (χ4n) is 8.18. The summed E-state index contributed by atoms with van der Waals surface area (Å²) in [6.45, 7) is 4.08. The van der Waals surface area contributed by atoms with Crippen LogP contribution in [0, 0.1) is 0 Å².